The monoisotopic (exact) mass is 311 g/mol. The van der Waals surface area contributed by atoms with Crippen LogP contribution in [-0.4, -0.2) is 32.3 Å². The van der Waals surface area contributed by atoms with Crippen LogP contribution in [0.5, 0.6) is 5.75 Å². The van der Waals surface area contributed by atoms with Crippen LogP contribution in [-0.2, 0) is 9.84 Å². The Labute approximate surface area is 115 Å². The fourth-order valence-electron chi connectivity index (χ4n) is 1.61. The van der Waals surface area contributed by atoms with Crippen molar-refractivity contribution in [1.29, 1.82) is 0 Å². The number of benzene rings is 1. The maximum Gasteiger partial charge on any atom is 0.573 e. The van der Waals surface area contributed by atoms with Crippen molar-refractivity contribution < 1.29 is 26.3 Å². The third kappa shape index (κ3) is 5.68. The van der Waals surface area contributed by atoms with Crippen LogP contribution in [0.2, 0.25) is 0 Å². The summed E-state index contributed by atoms with van der Waals surface area (Å²) in [5.74, 6) is -0.565. The van der Waals surface area contributed by atoms with Crippen LogP contribution in [0.25, 0.3) is 0 Å². The highest BCUT2D eigenvalue weighted by Crippen LogP contribution is 2.30. The largest absolute Gasteiger partial charge is 0.573 e. The molecule has 114 valence electrons. The zero-order valence-electron chi connectivity index (χ0n) is 11.1. The molecule has 0 saturated carbocycles. The molecule has 1 aromatic carbocycles. The van der Waals surface area contributed by atoms with E-state index in [4.69, 9.17) is 0 Å². The smallest absolute Gasteiger partial charge is 0.404 e. The van der Waals surface area contributed by atoms with Crippen LogP contribution in [0.4, 0.5) is 18.9 Å². The van der Waals surface area contributed by atoms with Gasteiger partial charge in [-0.1, -0.05) is 19.1 Å². The summed E-state index contributed by atoms with van der Waals surface area (Å²) in [7, 11) is -3.21. The van der Waals surface area contributed by atoms with Crippen LogP contribution in [0.15, 0.2) is 24.3 Å². The lowest BCUT2D eigenvalue weighted by Gasteiger charge is -2.18. The highest BCUT2D eigenvalue weighted by molar-refractivity contribution is 7.91. The second-order valence-electron chi connectivity index (χ2n) is 4.29. The Bertz CT molecular complexity index is 543. The van der Waals surface area contributed by atoms with Crippen LogP contribution < -0.4 is 10.1 Å². The summed E-state index contributed by atoms with van der Waals surface area (Å²) in [6.07, 6.45) is -4.80. The zero-order chi connectivity index (χ0) is 15.4. The number of alkyl halides is 3. The molecule has 0 aliphatic rings. The lowest BCUT2D eigenvalue weighted by Crippen LogP contribution is -2.27. The molecular formula is C12H16F3NO3S. The van der Waals surface area contributed by atoms with E-state index in [0.29, 0.717) is 0 Å². The van der Waals surface area contributed by atoms with E-state index in [1.54, 1.807) is 6.92 Å². The van der Waals surface area contributed by atoms with Gasteiger partial charge in [-0.3, -0.25) is 0 Å². The molecule has 1 rings (SSSR count). The van der Waals surface area contributed by atoms with E-state index in [0.717, 1.165) is 6.07 Å². The Morgan fingerprint density at radius 1 is 1.30 bits per heavy atom. The molecular weight excluding hydrogens is 295 g/mol. The van der Waals surface area contributed by atoms with E-state index in [1.807, 2.05) is 0 Å². The van der Waals surface area contributed by atoms with Crippen molar-refractivity contribution in [3.63, 3.8) is 0 Å². The number of rotatable bonds is 6. The molecule has 1 N–H and O–H groups in total. The van der Waals surface area contributed by atoms with Crippen LogP contribution in [0.3, 0.4) is 0 Å². The van der Waals surface area contributed by atoms with E-state index in [2.05, 4.69) is 10.1 Å². The van der Waals surface area contributed by atoms with Gasteiger partial charge in [0.15, 0.2) is 15.6 Å². The molecule has 0 aliphatic carbocycles. The fourth-order valence-corrected chi connectivity index (χ4v) is 2.69. The molecule has 8 heteroatoms. The molecule has 4 nitrogen and oxygen atoms in total. The molecule has 0 aliphatic heterocycles. The summed E-state index contributed by atoms with van der Waals surface area (Å²) in [6.45, 7) is 3.10. The predicted octanol–water partition coefficient (Wildman–Crippen LogP) is 2.82. The number of ether oxygens (including phenoxy) is 1. The number of para-hydroxylation sites is 2. The van der Waals surface area contributed by atoms with Gasteiger partial charge >= 0.3 is 6.36 Å². The minimum atomic E-state index is -4.80. The van der Waals surface area contributed by atoms with E-state index in [9.17, 15) is 21.6 Å². The van der Waals surface area contributed by atoms with Gasteiger partial charge < -0.3 is 10.1 Å². The SMILES string of the molecule is CCS(=O)(=O)CC(C)Nc1ccccc1OC(F)(F)F. The first kappa shape index (κ1) is 16.6. The first-order chi connectivity index (χ1) is 9.13. The molecule has 0 spiro atoms. The molecule has 0 saturated heterocycles. The van der Waals surface area contributed by atoms with Gasteiger partial charge in [0, 0.05) is 11.8 Å². The van der Waals surface area contributed by atoms with Crippen molar-refractivity contribution >= 4 is 15.5 Å². The van der Waals surface area contributed by atoms with Gasteiger partial charge in [0.25, 0.3) is 0 Å². The molecule has 1 unspecified atom stereocenters. The first-order valence-electron chi connectivity index (χ1n) is 5.94. The summed E-state index contributed by atoms with van der Waals surface area (Å²) in [5.41, 5.74) is 0.101. The van der Waals surface area contributed by atoms with Crippen molar-refractivity contribution in [3.8, 4) is 5.75 Å². The number of hydrogen-bond donors (Lipinski definition) is 1. The van der Waals surface area contributed by atoms with Gasteiger partial charge in [-0.05, 0) is 19.1 Å². The maximum absolute atomic E-state index is 12.2. The zero-order valence-corrected chi connectivity index (χ0v) is 11.9. The second kappa shape index (κ2) is 6.34. The average molecular weight is 311 g/mol. The Hall–Kier alpha value is -1.44. The molecule has 1 atom stereocenters. The summed E-state index contributed by atoms with van der Waals surface area (Å²) in [6, 6.07) is 4.97. The van der Waals surface area contributed by atoms with Crippen molar-refractivity contribution in [2.24, 2.45) is 0 Å². The quantitative estimate of drug-likeness (QED) is 0.878. The van der Waals surface area contributed by atoms with E-state index in [1.165, 1.54) is 25.1 Å². The molecule has 0 radical (unpaired) electrons. The minimum absolute atomic E-state index is 0.0142. The number of anilines is 1. The Balaban J connectivity index is 2.82. The van der Waals surface area contributed by atoms with Crippen molar-refractivity contribution in [2.75, 3.05) is 16.8 Å². The number of halogens is 3. The molecule has 0 fully saturated rings. The number of sulfone groups is 1. The van der Waals surface area contributed by atoms with E-state index >= 15 is 0 Å². The highest BCUT2D eigenvalue weighted by atomic mass is 32.2. The third-order valence-corrected chi connectivity index (χ3v) is 4.35. The van der Waals surface area contributed by atoms with Crippen LogP contribution >= 0.6 is 0 Å². The lowest BCUT2D eigenvalue weighted by molar-refractivity contribution is -0.274. The van der Waals surface area contributed by atoms with Gasteiger partial charge in [-0.15, -0.1) is 13.2 Å². The van der Waals surface area contributed by atoms with Gasteiger partial charge in [0.1, 0.15) is 0 Å². The van der Waals surface area contributed by atoms with Crippen molar-refractivity contribution in [1.82, 2.24) is 0 Å². The highest BCUT2D eigenvalue weighted by Gasteiger charge is 2.32. The van der Waals surface area contributed by atoms with E-state index < -0.39 is 22.2 Å². The number of nitrogens with one attached hydrogen (secondary N) is 1. The van der Waals surface area contributed by atoms with Gasteiger partial charge in [-0.2, -0.15) is 0 Å². The first-order valence-corrected chi connectivity index (χ1v) is 7.77. The molecule has 20 heavy (non-hydrogen) atoms. The summed E-state index contributed by atoms with van der Waals surface area (Å²) < 4.78 is 63.5. The average Bonchev–Trinajstić information content (AvgIpc) is 2.29. The Morgan fingerprint density at radius 2 is 1.90 bits per heavy atom. The summed E-state index contributed by atoms with van der Waals surface area (Å²) in [5, 5.41) is 2.72. The summed E-state index contributed by atoms with van der Waals surface area (Å²) >= 11 is 0. The topological polar surface area (TPSA) is 55.4 Å². The second-order valence-corrected chi connectivity index (χ2v) is 6.69. The van der Waals surface area contributed by atoms with Gasteiger partial charge in [0.05, 0.1) is 11.4 Å². The predicted molar refractivity (Wildman–Crippen MR) is 70.5 cm³/mol. The number of hydrogen-bond acceptors (Lipinski definition) is 4. The lowest BCUT2D eigenvalue weighted by atomic mass is 10.2. The minimum Gasteiger partial charge on any atom is -0.404 e. The van der Waals surface area contributed by atoms with E-state index in [-0.39, 0.29) is 22.9 Å². The summed E-state index contributed by atoms with van der Waals surface area (Å²) in [4.78, 5) is 0. The van der Waals surface area contributed by atoms with Crippen molar-refractivity contribution in [2.45, 2.75) is 26.3 Å². The van der Waals surface area contributed by atoms with Crippen LogP contribution in [0.1, 0.15) is 13.8 Å². The third-order valence-electron chi connectivity index (χ3n) is 2.46. The normalized spacial score (nSPS) is 13.8. The maximum atomic E-state index is 12.2. The molecule has 0 amide bonds. The fraction of sp³-hybridized carbons (Fsp3) is 0.500. The molecule has 0 aromatic heterocycles. The molecule has 0 bridgehead atoms. The van der Waals surface area contributed by atoms with Gasteiger partial charge in [0.2, 0.25) is 0 Å². The standard InChI is InChI=1S/C12H16F3NO3S/c1-3-20(17,18)8-9(2)16-10-6-4-5-7-11(10)19-12(13,14)15/h4-7,9,16H,3,8H2,1-2H3. The van der Waals surface area contributed by atoms with Crippen LogP contribution in [0, 0.1) is 0 Å². The Kier molecular flexibility index (Phi) is 5.27. The molecule has 1 aromatic rings. The Morgan fingerprint density at radius 3 is 2.45 bits per heavy atom. The van der Waals surface area contributed by atoms with Gasteiger partial charge in [-0.25, -0.2) is 8.42 Å². The molecule has 0 heterocycles. The van der Waals surface area contributed by atoms with Crippen molar-refractivity contribution in [3.05, 3.63) is 24.3 Å².